The molecule has 2 rings (SSSR count). The van der Waals surface area contributed by atoms with Crippen LogP contribution in [0.15, 0.2) is 62.8 Å². The number of halogens is 1. The molecule has 0 radical (unpaired) electrons. The predicted molar refractivity (Wildman–Crippen MR) is 92.4 cm³/mol. The molecule has 0 saturated carbocycles. The molecule has 0 amide bonds. The van der Waals surface area contributed by atoms with Crippen LogP contribution in [0, 0.1) is 0 Å². The van der Waals surface area contributed by atoms with E-state index < -0.39 is 25.9 Å². The van der Waals surface area contributed by atoms with Gasteiger partial charge in [-0.05, 0) is 42.8 Å². The number of nitrogens with one attached hydrogen (secondary N) is 1. The van der Waals surface area contributed by atoms with Crippen molar-refractivity contribution in [3.05, 3.63) is 58.6 Å². The van der Waals surface area contributed by atoms with Crippen molar-refractivity contribution >= 4 is 35.8 Å². The molecule has 2 aromatic rings. The molecule has 2 aromatic carbocycles. The molecule has 1 unspecified atom stereocenters. The zero-order valence-electron chi connectivity index (χ0n) is 12.5. The molecule has 23 heavy (non-hydrogen) atoms. The SMILES string of the molecule is CC(NS(=O)(=O)c1cccc(Br)c1)c1ccc(S(C)(=O)=O)cc1. The first-order valence-corrected chi connectivity index (χ1v) is 10.8. The summed E-state index contributed by atoms with van der Waals surface area (Å²) < 4.78 is 50.9. The summed E-state index contributed by atoms with van der Waals surface area (Å²) >= 11 is 3.24. The second-order valence-corrected chi connectivity index (χ2v) is 9.79. The molecule has 0 bridgehead atoms. The highest BCUT2D eigenvalue weighted by Gasteiger charge is 2.19. The molecule has 8 heteroatoms. The van der Waals surface area contributed by atoms with Crippen molar-refractivity contribution in [2.75, 3.05) is 6.26 Å². The van der Waals surface area contributed by atoms with E-state index in [4.69, 9.17) is 0 Å². The van der Waals surface area contributed by atoms with E-state index in [-0.39, 0.29) is 9.79 Å². The molecule has 0 aliphatic rings. The van der Waals surface area contributed by atoms with Gasteiger partial charge in [0.15, 0.2) is 9.84 Å². The first-order valence-electron chi connectivity index (χ1n) is 6.67. The number of hydrogen-bond donors (Lipinski definition) is 1. The van der Waals surface area contributed by atoms with Gasteiger partial charge in [-0.15, -0.1) is 0 Å². The highest BCUT2D eigenvalue weighted by molar-refractivity contribution is 9.10. The summed E-state index contributed by atoms with van der Waals surface area (Å²) in [5.74, 6) is 0. The summed E-state index contributed by atoms with van der Waals surface area (Å²) in [4.78, 5) is 0.356. The Hall–Kier alpha value is -1.22. The fourth-order valence-electron chi connectivity index (χ4n) is 2.01. The minimum atomic E-state index is -3.67. The van der Waals surface area contributed by atoms with Crippen LogP contribution >= 0.6 is 15.9 Å². The molecular formula is C15H16BrNO4S2. The molecule has 0 aliphatic carbocycles. The van der Waals surface area contributed by atoms with Crippen LogP contribution in [0.25, 0.3) is 0 Å². The van der Waals surface area contributed by atoms with Gasteiger partial charge in [-0.3, -0.25) is 0 Å². The van der Waals surface area contributed by atoms with Gasteiger partial charge in [0.05, 0.1) is 9.79 Å². The molecular weight excluding hydrogens is 402 g/mol. The quantitative estimate of drug-likeness (QED) is 0.810. The number of benzene rings is 2. The van der Waals surface area contributed by atoms with Crippen molar-refractivity contribution in [3.8, 4) is 0 Å². The molecule has 124 valence electrons. The number of sulfone groups is 1. The minimum Gasteiger partial charge on any atom is -0.224 e. The lowest BCUT2D eigenvalue weighted by molar-refractivity contribution is 0.566. The lowest BCUT2D eigenvalue weighted by Gasteiger charge is -2.15. The minimum absolute atomic E-state index is 0.159. The van der Waals surface area contributed by atoms with Gasteiger partial charge < -0.3 is 0 Å². The van der Waals surface area contributed by atoms with Crippen LogP contribution in [0.4, 0.5) is 0 Å². The van der Waals surface area contributed by atoms with E-state index in [9.17, 15) is 16.8 Å². The maximum absolute atomic E-state index is 12.4. The molecule has 0 fully saturated rings. The molecule has 1 atom stereocenters. The van der Waals surface area contributed by atoms with Gasteiger partial charge in [0.25, 0.3) is 0 Å². The third-order valence-electron chi connectivity index (χ3n) is 3.25. The molecule has 0 saturated heterocycles. The van der Waals surface area contributed by atoms with Gasteiger partial charge in [0.1, 0.15) is 0 Å². The Morgan fingerprint density at radius 3 is 2.09 bits per heavy atom. The third-order valence-corrected chi connectivity index (χ3v) is 6.41. The van der Waals surface area contributed by atoms with Crippen LogP contribution in [0.2, 0.25) is 0 Å². The zero-order chi connectivity index (χ0) is 17.3. The molecule has 0 spiro atoms. The van der Waals surface area contributed by atoms with Crippen molar-refractivity contribution in [3.63, 3.8) is 0 Å². The largest absolute Gasteiger partial charge is 0.241 e. The van der Waals surface area contributed by atoms with Crippen molar-refractivity contribution in [2.24, 2.45) is 0 Å². The maximum atomic E-state index is 12.4. The van der Waals surface area contributed by atoms with Crippen LogP contribution < -0.4 is 4.72 Å². The fourth-order valence-corrected chi connectivity index (χ4v) is 4.47. The monoisotopic (exact) mass is 417 g/mol. The summed E-state index contributed by atoms with van der Waals surface area (Å²) in [6.45, 7) is 1.70. The third kappa shape index (κ3) is 4.63. The standard InChI is InChI=1S/C15H16BrNO4S2/c1-11(12-6-8-14(9-7-12)22(2,18)19)17-23(20,21)15-5-3-4-13(16)10-15/h3-11,17H,1-2H3. The topological polar surface area (TPSA) is 80.3 Å². The smallest absolute Gasteiger partial charge is 0.224 e. The number of rotatable bonds is 5. The summed E-state index contributed by atoms with van der Waals surface area (Å²) in [7, 11) is -6.94. The van der Waals surface area contributed by atoms with Crippen LogP contribution in [0.5, 0.6) is 0 Å². The summed E-state index contributed by atoms with van der Waals surface area (Å²) in [5.41, 5.74) is 0.677. The Labute approximate surface area is 144 Å². The summed E-state index contributed by atoms with van der Waals surface area (Å²) in [5, 5.41) is 0. The van der Waals surface area contributed by atoms with E-state index in [1.807, 2.05) is 0 Å². The average Bonchev–Trinajstić information content (AvgIpc) is 2.46. The molecule has 0 heterocycles. The average molecular weight is 418 g/mol. The van der Waals surface area contributed by atoms with Gasteiger partial charge in [0.2, 0.25) is 10.0 Å². The van der Waals surface area contributed by atoms with Crippen molar-refractivity contribution < 1.29 is 16.8 Å². The van der Waals surface area contributed by atoms with E-state index in [1.54, 1.807) is 31.2 Å². The van der Waals surface area contributed by atoms with Crippen LogP contribution in [-0.4, -0.2) is 23.1 Å². The van der Waals surface area contributed by atoms with E-state index in [2.05, 4.69) is 20.7 Å². The van der Waals surface area contributed by atoms with Gasteiger partial charge >= 0.3 is 0 Å². The molecule has 0 aliphatic heterocycles. The molecule has 0 aromatic heterocycles. The summed E-state index contributed by atoms with van der Waals surface area (Å²) in [6, 6.07) is 12.1. The van der Waals surface area contributed by atoms with Crippen LogP contribution in [0.3, 0.4) is 0 Å². The number of sulfonamides is 1. The highest BCUT2D eigenvalue weighted by Crippen LogP contribution is 2.21. The van der Waals surface area contributed by atoms with Crippen molar-refractivity contribution in [1.82, 2.24) is 4.72 Å². The first-order chi connectivity index (χ1) is 10.6. The second kappa shape index (κ2) is 6.72. The normalized spacial score (nSPS) is 13.7. The summed E-state index contributed by atoms with van der Waals surface area (Å²) in [6.07, 6.45) is 1.13. The Morgan fingerprint density at radius 1 is 0.957 bits per heavy atom. The van der Waals surface area contributed by atoms with Gasteiger partial charge in [-0.2, -0.15) is 0 Å². The highest BCUT2D eigenvalue weighted by atomic mass is 79.9. The Bertz CT molecular complexity index is 907. The van der Waals surface area contributed by atoms with E-state index in [0.717, 1.165) is 6.26 Å². The van der Waals surface area contributed by atoms with Gasteiger partial charge in [-0.25, -0.2) is 21.6 Å². The zero-order valence-corrected chi connectivity index (χ0v) is 15.7. The van der Waals surface area contributed by atoms with Crippen LogP contribution in [0.1, 0.15) is 18.5 Å². The van der Waals surface area contributed by atoms with E-state index in [0.29, 0.717) is 10.0 Å². The maximum Gasteiger partial charge on any atom is 0.241 e. The lowest BCUT2D eigenvalue weighted by Crippen LogP contribution is -2.26. The van der Waals surface area contributed by atoms with E-state index in [1.165, 1.54) is 24.3 Å². The van der Waals surface area contributed by atoms with E-state index >= 15 is 0 Å². The number of hydrogen-bond acceptors (Lipinski definition) is 4. The molecule has 5 nitrogen and oxygen atoms in total. The Balaban J connectivity index is 2.23. The first kappa shape index (κ1) is 18.1. The lowest BCUT2D eigenvalue weighted by atomic mass is 10.1. The Kier molecular flexibility index (Phi) is 5.30. The predicted octanol–water partition coefficient (Wildman–Crippen LogP) is 2.89. The van der Waals surface area contributed by atoms with Crippen LogP contribution in [-0.2, 0) is 19.9 Å². The fraction of sp³-hybridized carbons (Fsp3) is 0.200. The Morgan fingerprint density at radius 2 is 1.57 bits per heavy atom. The van der Waals surface area contributed by atoms with Crippen molar-refractivity contribution in [1.29, 1.82) is 0 Å². The van der Waals surface area contributed by atoms with Gasteiger partial charge in [0, 0.05) is 16.8 Å². The van der Waals surface area contributed by atoms with Crippen molar-refractivity contribution in [2.45, 2.75) is 22.8 Å². The van der Waals surface area contributed by atoms with Gasteiger partial charge in [-0.1, -0.05) is 34.1 Å². The second-order valence-electron chi connectivity index (χ2n) is 5.14. The molecule has 1 N–H and O–H groups in total.